The minimum atomic E-state index is -4.65. The highest BCUT2D eigenvalue weighted by Gasteiger charge is 2.45. The number of H-pyrrole nitrogens is 1. The molecule has 2 heterocycles. The van der Waals surface area contributed by atoms with Crippen LogP contribution in [0.1, 0.15) is 37.4 Å². The number of aromatic nitrogens is 3. The molecule has 1 saturated carbocycles. The number of sulfonamides is 1. The Balaban J connectivity index is 1.49. The lowest BCUT2D eigenvalue weighted by molar-refractivity contribution is -0.137. The summed E-state index contributed by atoms with van der Waals surface area (Å²) in [7, 11) is -4.17. The summed E-state index contributed by atoms with van der Waals surface area (Å²) in [6, 6.07) is 2.82. The van der Waals surface area contributed by atoms with Gasteiger partial charge in [0.25, 0.3) is 10.0 Å². The number of alkyl halides is 3. The highest BCUT2D eigenvalue weighted by molar-refractivity contribution is 7.94. The van der Waals surface area contributed by atoms with Crippen molar-refractivity contribution in [2.24, 2.45) is 17.8 Å². The summed E-state index contributed by atoms with van der Waals surface area (Å²) in [5, 5.41) is 5.33. The fraction of sp³-hybridized carbons (Fsp3) is 0.400. The zero-order chi connectivity index (χ0) is 28.1. The Hall–Kier alpha value is -3.39. The molecule has 3 aromatic rings. The second-order valence-electron chi connectivity index (χ2n) is 9.91. The van der Waals surface area contributed by atoms with Crippen LogP contribution in [0.25, 0.3) is 5.57 Å². The van der Waals surface area contributed by atoms with E-state index in [1.807, 2.05) is 13.8 Å². The zero-order valence-electron chi connectivity index (χ0n) is 21.2. The van der Waals surface area contributed by atoms with Gasteiger partial charge in [-0.25, -0.2) is 9.78 Å². The van der Waals surface area contributed by atoms with Gasteiger partial charge in [-0.05, 0) is 54.9 Å². The van der Waals surface area contributed by atoms with Crippen LogP contribution < -0.4 is 14.8 Å². The lowest BCUT2D eigenvalue weighted by Crippen LogP contribution is -2.34. The number of thiazole rings is 1. The highest BCUT2D eigenvalue weighted by Crippen LogP contribution is 2.54. The molecule has 1 aromatic carbocycles. The summed E-state index contributed by atoms with van der Waals surface area (Å²) in [6.07, 6.45) is -0.343. The number of hydrogen-bond acceptors (Lipinski definition) is 8. The molecule has 0 bridgehead atoms. The quantitative estimate of drug-likeness (QED) is 0.376. The van der Waals surface area contributed by atoms with E-state index in [-0.39, 0.29) is 46.7 Å². The van der Waals surface area contributed by atoms with Gasteiger partial charge in [0.15, 0.2) is 5.82 Å². The van der Waals surface area contributed by atoms with E-state index in [1.54, 1.807) is 24.5 Å². The van der Waals surface area contributed by atoms with Gasteiger partial charge in [-0.2, -0.15) is 21.6 Å². The van der Waals surface area contributed by atoms with Gasteiger partial charge in [0, 0.05) is 23.2 Å². The summed E-state index contributed by atoms with van der Waals surface area (Å²) in [4.78, 5) is 17.9. The fourth-order valence-electron chi connectivity index (χ4n) is 4.53. The molecule has 208 valence electrons. The maximum absolute atomic E-state index is 13.6. The number of fused-ring (bicyclic) bond motifs is 1. The molecule has 14 heteroatoms. The minimum Gasteiger partial charge on any atom is -0.487 e. The van der Waals surface area contributed by atoms with Crippen molar-refractivity contribution in [3.8, 4) is 5.75 Å². The summed E-state index contributed by atoms with van der Waals surface area (Å²) >= 11 is 0.951. The number of ether oxygens (including phenoxy) is 1. The number of hydrogen-bond donors (Lipinski definition) is 1. The minimum absolute atomic E-state index is 0.00436. The molecule has 2 aromatic heterocycles. The first-order valence-electron chi connectivity index (χ1n) is 12.1. The lowest BCUT2D eigenvalue weighted by atomic mass is 9.98. The lowest BCUT2D eigenvalue weighted by Gasteiger charge is -2.27. The van der Waals surface area contributed by atoms with E-state index in [1.165, 1.54) is 0 Å². The number of aryl methyl sites for hydroxylation is 1. The Morgan fingerprint density at radius 3 is 2.64 bits per heavy atom. The van der Waals surface area contributed by atoms with Crippen molar-refractivity contribution in [2.75, 3.05) is 17.5 Å². The highest BCUT2D eigenvalue weighted by atomic mass is 32.2. The number of rotatable bonds is 9. The van der Waals surface area contributed by atoms with Crippen LogP contribution in [0.3, 0.4) is 0 Å². The van der Waals surface area contributed by atoms with Gasteiger partial charge < -0.3 is 4.74 Å². The van der Waals surface area contributed by atoms with E-state index >= 15 is 0 Å². The molecule has 9 nitrogen and oxygen atoms in total. The van der Waals surface area contributed by atoms with E-state index in [9.17, 15) is 26.4 Å². The van der Waals surface area contributed by atoms with E-state index in [0.29, 0.717) is 11.5 Å². The first-order chi connectivity index (χ1) is 18.3. The van der Waals surface area contributed by atoms with Crippen LogP contribution in [0.5, 0.6) is 5.75 Å². The summed E-state index contributed by atoms with van der Waals surface area (Å²) < 4.78 is 79.5. The number of halogens is 3. The fourth-order valence-corrected chi connectivity index (χ4v) is 7.31. The number of benzene rings is 1. The molecule has 1 N–H and O–H groups in total. The van der Waals surface area contributed by atoms with E-state index in [0.717, 1.165) is 51.4 Å². The Bertz CT molecular complexity index is 1620. The summed E-state index contributed by atoms with van der Waals surface area (Å²) in [6.45, 7) is 5.26. The van der Waals surface area contributed by atoms with Gasteiger partial charge in [0.05, 0.1) is 11.3 Å². The average Bonchev–Trinajstić information content (AvgIpc) is 3.35. The Kier molecular flexibility index (Phi) is 6.95. The number of nitrogens with one attached hydrogen (secondary N) is 1. The smallest absolute Gasteiger partial charge is 0.439 e. The second-order valence-corrected chi connectivity index (χ2v) is 12.8. The van der Waals surface area contributed by atoms with Gasteiger partial charge in [-0.3, -0.25) is 13.8 Å². The standard InChI is InChI=1S/C25H25F3N4O5S2/c1-13(2)10-32(39(34,35)24-29-14(3)12-38-24)20-7-5-16(25(26,27)28)8-21(20)36-11-15-4-6-17(19-9-18(15)19)22-30-23(33)37-31-22/h4-8,12-13,18-19H,9-11H2,1-3H3,(H,30,31,33). The molecule has 2 atom stereocenters. The summed E-state index contributed by atoms with van der Waals surface area (Å²) in [5.41, 5.74) is 1.23. The number of allylic oxidation sites excluding steroid dienone is 3. The van der Waals surface area contributed by atoms with Crippen LogP contribution >= 0.6 is 11.3 Å². The number of nitrogens with zero attached hydrogens (tertiary/aromatic N) is 3. The van der Waals surface area contributed by atoms with Crippen LogP contribution in [-0.2, 0) is 16.2 Å². The monoisotopic (exact) mass is 582 g/mol. The van der Waals surface area contributed by atoms with Gasteiger partial charge >= 0.3 is 11.9 Å². The molecule has 5 rings (SSSR count). The van der Waals surface area contributed by atoms with Gasteiger partial charge in [-0.1, -0.05) is 31.2 Å². The SMILES string of the molecule is Cc1csc(S(=O)(=O)N(CC(C)C)c2ccc(C(F)(F)F)cc2OCC2=CC=C(c3noc(=O)[nH]3)C3CC23)n1. The predicted octanol–water partition coefficient (Wildman–Crippen LogP) is 5.04. The largest absolute Gasteiger partial charge is 0.487 e. The van der Waals surface area contributed by atoms with Crippen molar-refractivity contribution >= 4 is 32.6 Å². The topological polar surface area (TPSA) is 118 Å². The molecular formula is C25H25F3N4O5S2. The molecule has 0 spiro atoms. The molecule has 0 radical (unpaired) electrons. The molecule has 0 saturated heterocycles. The molecule has 2 unspecified atom stereocenters. The Morgan fingerprint density at radius 2 is 2.03 bits per heavy atom. The Morgan fingerprint density at radius 1 is 1.26 bits per heavy atom. The first kappa shape index (κ1) is 27.2. The van der Waals surface area contributed by atoms with Crippen LogP contribution in [0.2, 0.25) is 0 Å². The third-order valence-electron chi connectivity index (χ3n) is 6.45. The number of anilines is 1. The molecule has 39 heavy (non-hydrogen) atoms. The zero-order valence-corrected chi connectivity index (χ0v) is 22.8. The second kappa shape index (κ2) is 9.97. The molecule has 2 aliphatic carbocycles. The third-order valence-corrected chi connectivity index (χ3v) is 9.58. The van der Waals surface area contributed by atoms with Gasteiger partial charge in [0.2, 0.25) is 4.34 Å². The predicted molar refractivity (Wildman–Crippen MR) is 138 cm³/mol. The molecule has 1 fully saturated rings. The van der Waals surface area contributed by atoms with Crippen LogP contribution in [0, 0.1) is 24.7 Å². The van der Waals surface area contributed by atoms with Gasteiger partial charge in [0.1, 0.15) is 12.4 Å². The van der Waals surface area contributed by atoms with Crippen molar-refractivity contribution in [1.29, 1.82) is 0 Å². The van der Waals surface area contributed by atoms with Crippen molar-refractivity contribution in [3.63, 3.8) is 0 Å². The van der Waals surface area contributed by atoms with E-state index < -0.39 is 27.5 Å². The average molecular weight is 583 g/mol. The maximum atomic E-state index is 13.6. The van der Waals surface area contributed by atoms with Crippen molar-refractivity contribution in [3.05, 3.63) is 68.9 Å². The normalized spacial score (nSPS) is 18.9. The maximum Gasteiger partial charge on any atom is 0.439 e. The Labute approximate surface area is 226 Å². The molecular weight excluding hydrogens is 557 g/mol. The van der Waals surface area contributed by atoms with E-state index in [2.05, 4.69) is 19.6 Å². The van der Waals surface area contributed by atoms with Crippen LogP contribution in [0.15, 0.2) is 55.0 Å². The third kappa shape index (κ3) is 5.53. The van der Waals surface area contributed by atoms with Crippen molar-refractivity contribution < 1.29 is 30.8 Å². The van der Waals surface area contributed by atoms with Crippen LogP contribution in [0.4, 0.5) is 18.9 Å². The molecule has 2 aliphatic rings. The summed E-state index contributed by atoms with van der Waals surface area (Å²) in [5.74, 6) is -0.524. The van der Waals surface area contributed by atoms with Crippen LogP contribution in [-0.4, -0.2) is 36.7 Å². The van der Waals surface area contributed by atoms with Crippen molar-refractivity contribution in [1.82, 2.24) is 15.1 Å². The molecule has 0 aliphatic heterocycles. The van der Waals surface area contributed by atoms with Gasteiger partial charge in [-0.15, -0.1) is 11.3 Å². The first-order valence-corrected chi connectivity index (χ1v) is 14.4. The van der Waals surface area contributed by atoms with Crippen molar-refractivity contribution in [2.45, 2.75) is 37.7 Å². The van der Waals surface area contributed by atoms with E-state index in [4.69, 9.17) is 4.74 Å². The number of aromatic amines is 1. The molecule has 0 amide bonds.